The number of unbranched alkanes of at least 4 members (excludes halogenated alkanes) is 1. The summed E-state index contributed by atoms with van der Waals surface area (Å²) in [6, 6.07) is 17.0. The van der Waals surface area contributed by atoms with Crippen LogP contribution in [0.3, 0.4) is 0 Å². The van der Waals surface area contributed by atoms with Crippen molar-refractivity contribution in [3.8, 4) is 0 Å². The van der Waals surface area contributed by atoms with Crippen molar-refractivity contribution in [1.82, 2.24) is 10.2 Å². The molecule has 166 valence electrons. The Morgan fingerprint density at radius 2 is 1.65 bits per heavy atom. The predicted octanol–water partition coefficient (Wildman–Crippen LogP) is 3.12. The second kappa shape index (κ2) is 11.9. The molecule has 1 aliphatic heterocycles. The average molecular weight is 426 g/mol. The number of amides is 1. The van der Waals surface area contributed by atoms with Gasteiger partial charge >= 0.3 is 0 Å². The van der Waals surface area contributed by atoms with Crippen LogP contribution in [0.15, 0.2) is 54.6 Å². The van der Waals surface area contributed by atoms with Crippen molar-refractivity contribution in [3.63, 3.8) is 0 Å². The lowest BCUT2D eigenvalue weighted by molar-refractivity contribution is -0.384. The van der Waals surface area contributed by atoms with Gasteiger partial charge in [-0.3, -0.25) is 19.8 Å². The highest BCUT2D eigenvalue weighted by Gasteiger charge is 2.16. The molecule has 2 N–H and O–H groups in total. The van der Waals surface area contributed by atoms with Gasteiger partial charge in [0.05, 0.1) is 4.92 Å². The van der Waals surface area contributed by atoms with Crippen LogP contribution < -0.4 is 15.5 Å². The number of para-hydroxylation sites is 3. The molecular weight excluding hydrogens is 394 g/mol. The summed E-state index contributed by atoms with van der Waals surface area (Å²) >= 11 is 0. The molecule has 0 atom stereocenters. The Labute approximate surface area is 183 Å². The number of carbonyl (C=O) groups is 1. The van der Waals surface area contributed by atoms with Gasteiger partial charge in [0.25, 0.3) is 5.69 Å². The van der Waals surface area contributed by atoms with Crippen molar-refractivity contribution in [3.05, 3.63) is 64.7 Å². The van der Waals surface area contributed by atoms with E-state index in [-0.39, 0.29) is 18.0 Å². The summed E-state index contributed by atoms with van der Waals surface area (Å²) in [5.74, 6) is -0.0393. The molecule has 0 spiro atoms. The molecule has 0 unspecified atom stereocenters. The summed E-state index contributed by atoms with van der Waals surface area (Å²) in [6.07, 6.45) is 2.29. The molecule has 1 heterocycles. The molecule has 1 aliphatic rings. The molecule has 8 nitrogen and oxygen atoms in total. The zero-order chi connectivity index (χ0) is 21.9. The molecule has 0 aromatic heterocycles. The van der Waals surface area contributed by atoms with Crippen LogP contribution in [0.5, 0.6) is 0 Å². The Balaban J connectivity index is 1.23. The van der Waals surface area contributed by atoms with E-state index < -0.39 is 4.92 Å². The molecule has 1 saturated heterocycles. The molecule has 3 rings (SSSR count). The van der Waals surface area contributed by atoms with Crippen LogP contribution in [-0.4, -0.2) is 61.5 Å². The number of piperazine rings is 1. The average Bonchev–Trinajstić information content (AvgIpc) is 2.80. The van der Waals surface area contributed by atoms with E-state index >= 15 is 0 Å². The fourth-order valence-corrected chi connectivity index (χ4v) is 3.74. The van der Waals surface area contributed by atoms with Gasteiger partial charge in [0.15, 0.2) is 0 Å². The van der Waals surface area contributed by atoms with Crippen molar-refractivity contribution in [1.29, 1.82) is 0 Å². The number of rotatable bonds is 11. The molecule has 1 amide bonds. The van der Waals surface area contributed by atoms with Gasteiger partial charge in [-0.05, 0) is 37.6 Å². The molecule has 2 aromatic rings. The molecule has 0 bridgehead atoms. The number of hydrogen-bond donors (Lipinski definition) is 2. The fourth-order valence-electron chi connectivity index (χ4n) is 3.74. The van der Waals surface area contributed by atoms with Crippen LogP contribution in [-0.2, 0) is 4.79 Å². The number of carbonyl (C=O) groups excluding carboxylic acids is 1. The third-order valence-corrected chi connectivity index (χ3v) is 5.49. The Kier molecular flexibility index (Phi) is 8.66. The van der Waals surface area contributed by atoms with Gasteiger partial charge in [-0.15, -0.1) is 0 Å². The number of nitrogens with zero attached hydrogens (tertiary/aromatic N) is 3. The highest BCUT2D eigenvalue weighted by Crippen LogP contribution is 2.22. The van der Waals surface area contributed by atoms with Gasteiger partial charge in [-0.25, -0.2) is 0 Å². The summed E-state index contributed by atoms with van der Waals surface area (Å²) in [4.78, 5) is 27.5. The lowest BCUT2D eigenvalue weighted by Gasteiger charge is -2.36. The zero-order valence-corrected chi connectivity index (χ0v) is 17.8. The Morgan fingerprint density at radius 3 is 2.39 bits per heavy atom. The second-order valence-electron chi connectivity index (χ2n) is 7.67. The first kappa shape index (κ1) is 22.6. The van der Waals surface area contributed by atoms with Gasteiger partial charge in [-0.1, -0.05) is 30.3 Å². The molecule has 0 saturated carbocycles. The lowest BCUT2D eigenvalue weighted by atomic mass is 10.2. The quantitative estimate of drug-likeness (QED) is 0.327. The maximum absolute atomic E-state index is 12.0. The highest BCUT2D eigenvalue weighted by atomic mass is 16.6. The van der Waals surface area contributed by atoms with Gasteiger partial charge in [0.1, 0.15) is 5.69 Å². The second-order valence-corrected chi connectivity index (χ2v) is 7.67. The third kappa shape index (κ3) is 7.25. The van der Waals surface area contributed by atoms with Crippen molar-refractivity contribution < 1.29 is 9.72 Å². The molecular formula is C23H31N5O3. The van der Waals surface area contributed by atoms with Crippen molar-refractivity contribution in [2.24, 2.45) is 0 Å². The molecule has 0 aliphatic carbocycles. The van der Waals surface area contributed by atoms with E-state index in [1.807, 2.05) is 6.07 Å². The minimum absolute atomic E-state index is 0.0208. The van der Waals surface area contributed by atoms with E-state index in [1.165, 1.54) is 11.8 Å². The monoisotopic (exact) mass is 425 g/mol. The van der Waals surface area contributed by atoms with Crippen LogP contribution in [0.4, 0.5) is 17.1 Å². The van der Waals surface area contributed by atoms with Crippen LogP contribution in [0.2, 0.25) is 0 Å². The SMILES string of the molecule is O=C(CCNc1ccccc1[N+](=O)[O-])NCCCCN1CCN(c2ccccc2)CC1. The lowest BCUT2D eigenvalue weighted by Crippen LogP contribution is -2.46. The van der Waals surface area contributed by atoms with Gasteiger partial charge < -0.3 is 15.5 Å². The predicted molar refractivity (Wildman–Crippen MR) is 124 cm³/mol. The summed E-state index contributed by atoms with van der Waals surface area (Å²) in [6.45, 7) is 6.31. The topological polar surface area (TPSA) is 90.7 Å². The van der Waals surface area contributed by atoms with Crippen molar-refractivity contribution in [2.75, 3.05) is 56.0 Å². The molecule has 31 heavy (non-hydrogen) atoms. The Hall–Kier alpha value is -3.13. The fraction of sp³-hybridized carbons (Fsp3) is 0.435. The summed E-state index contributed by atoms with van der Waals surface area (Å²) in [5, 5.41) is 16.9. The van der Waals surface area contributed by atoms with Crippen molar-refractivity contribution >= 4 is 23.0 Å². The van der Waals surface area contributed by atoms with E-state index in [4.69, 9.17) is 0 Å². The minimum atomic E-state index is -0.427. The van der Waals surface area contributed by atoms with Crippen LogP contribution >= 0.6 is 0 Å². The van der Waals surface area contributed by atoms with E-state index in [1.54, 1.807) is 18.2 Å². The minimum Gasteiger partial charge on any atom is -0.379 e. The maximum atomic E-state index is 12.0. The highest BCUT2D eigenvalue weighted by molar-refractivity contribution is 5.76. The van der Waals surface area contributed by atoms with Gasteiger partial charge in [-0.2, -0.15) is 0 Å². The normalized spacial score (nSPS) is 14.3. The van der Waals surface area contributed by atoms with Gasteiger partial charge in [0, 0.05) is 57.4 Å². The summed E-state index contributed by atoms with van der Waals surface area (Å²) < 4.78 is 0. The first-order valence-corrected chi connectivity index (χ1v) is 10.9. The number of anilines is 2. The zero-order valence-electron chi connectivity index (χ0n) is 17.8. The van der Waals surface area contributed by atoms with Crippen LogP contribution in [0.1, 0.15) is 19.3 Å². The summed E-state index contributed by atoms with van der Waals surface area (Å²) in [5.41, 5.74) is 1.75. The van der Waals surface area contributed by atoms with E-state index in [2.05, 4.69) is 44.7 Å². The van der Waals surface area contributed by atoms with Crippen molar-refractivity contribution in [2.45, 2.75) is 19.3 Å². The number of hydrogen-bond acceptors (Lipinski definition) is 6. The largest absolute Gasteiger partial charge is 0.379 e. The van der Waals surface area contributed by atoms with Crippen LogP contribution in [0, 0.1) is 10.1 Å². The maximum Gasteiger partial charge on any atom is 0.292 e. The number of nitro groups is 1. The first-order valence-electron chi connectivity index (χ1n) is 10.9. The molecule has 2 aromatic carbocycles. The van der Waals surface area contributed by atoms with E-state index in [0.717, 1.165) is 45.6 Å². The standard InChI is InChI=1S/C23H31N5O3/c29-23(12-14-24-21-10-4-5-11-22(21)28(30)31)25-13-6-7-15-26-16-18-27(19-17-26)20-8-2-1-3-9-20/h1-5,8-11,24H,6-7,12-19H2,(H,25,29). The molecule has 1 fully saturated rings. The number of benzene rings is 2. The van der Waals surface area contributed by atoms with E-state index in [0.29, 0.717) is 18.8 Å². The summed E-state index contributed by atoms with van der Waals surface area (Å²) in [7, 11) is 0. The molecule has 8 heteroatoms. The molecule has 0 radical (unpaired) electrons. The van der Waals surface area contributed by atoms with Crippen LogP contribution in [0.25, 0.3) is 0 Å². The first-order chi connectivity index (χ1) is 15.1. The smallest absolute Gasteiger partial charge is 0.292 e. The number of nitro benzene ring substituents is 1. The Bertz CT molecular complexity index is 838. The third-order valence-electron chi connectivity index (χ3n) is 5.49. The number of nitrogens with one attached hydrogen (secondary N) is 2. The van der Waals surface area contributed by atoms with E-state index in [9.17, 15) is 14.9 Å². The van der Waals surface area contributed by atoms with Gasteiger partial charge in [0.2, 0.25) is 5.91 Å². The Morgan fingerprint density at radius 1 is 0.935 bits per heavy atom.